The molecule has 0 spiro atoms. The molecule has 2 aliphatic heterocycles. The van der Waals surface area contributed by atoms with Crippen LogP contribution in [0.4, 0.5) is 5.69 Å². The van der Waals surface area contributed by atoms with Crippen molar-refractivity contribution in [3.8, 4) is 11.5 Å². The summed E-state index contributed by atoms with van der Waals surface area (Å²) in [6, 6.07) is 12.5. The fourth-order valence-electron chi connectivity index (χ4n) is 4.50. The maximum atomic E-state index is 13.2. The summed E-state index contributed by atoms with van der Waals surface area (Å²) in [6.45, 7) is 5.89. The number of rotatable bonds is 7. The number of methoxy groups -OCH3 is 1. The minimum atomic E-state index is -0.903. The first-order chi connectivity index (χ1) is 15.5. The predicted molar refractivity (Wildman–Crippen MR) is 126 cm³/mol. The molecule has 0 saturated carbocycles. The first-order valence-electron chi connectivity index (χ1n) is 11.3. The van der Waals surface area contributed by atoms with Crippen molar-refractivity contribution >= 4 is 23.2 Å². The van der Waals surface area contributed by atoms with Crippen molar-refractivity contribution in [2.24, 2.45) is 5.92 Å². The number of anilines is 1. The molecule has 2 aromatic carbocycles. The van der Waals surface area contributed by atoms with Gasteiger partial charge in [0.1, 0.15) is 12.8 Å². The number of nitrogens with zero attached hydrogens (tertiary/aromatic N) is 2. The number of likely N-dealkylation sites (tertiary alicyclic amines) is 1. The van der Waals surface area contributed by atoms with Gasteiger partial charge < -0.3 is 14.6 Å². The van der Waals surface area contributed by atoms with E-state index in [-0.39, 0.29) is 5.91 Å². The molecule has 6 nitrogen and oxygen atoms in total. The van der Waals surface area contributed by atoms with Crippen LogP contribution in [0.1, 0.15) is 37.7 Å². The number of benzene rings is 2. The summed E-state index contributed by atoms with van der Waals surface area (Å²) < 4.78 is 11.5. The van der Waals surface area contributed by atoms with Crippen LogP contribution in [0.5, 0.6) is 11.5 Å². The number of hydrogen-bond donors (Lipinski definition) is 1. The highest BCUT2D eigenvalue weighted by molar-refractivity contribution is 6.30. The van der Waals surface area contributed by atoms with Gasteiger partial charge >= 0.3 is 0 Å². The second-order valence-corrected chi connectivity index (χ2v) is 9.17. The smallest absolute Gasteiger partial charge is 0.236 e. The van der Waals surface area contributed by atoms with Crippen molar-refractivity contribution in [2.45, 2.75) is 38.3 Å². The molecule has 2 atom stereocenters. The number of aliphatic hydroxyl groups excluding tert-OH is 1. The average molecular weight is 459 g/mol. The first-order valence-corrected chi connectivity index (χ1v) is 11.6. The van der Waals surface area contributed by atoms with E-state index in [1.807, 2.05) is 12.1 Å². The lowest BCUT2D eigenvalue weighted by Gasteiger charge is -2.30. The molecule has 1 N–H and O–H groups in total. The van der Waals surface area contributed by atoms with E-state index in [9.17, 15) is 9.90 Å². The standard InChI is InChI=1S/C25H31ClN2O4/c1-17-9-11-27(12-10-17)13-14-32-23-15-20(7-8-22(23)31-2)28-24(29)16-21(25(28)30)18-3-5-19(26)6-4-18/h3-8,15,17,21,24,29H,9-14,16H2,1-2H3. The average Bonchev–Trinajstić information content (AvgIpc) is 3.09. The topological polar surface area (TPSA) is 62.2 Å². The molecule has 32 heavy (non-hydrogen) atoms. The van der Waals surface area contributed by atoms with Crippen molar-refractivity contribution in [2.75, 3.05) is 38.3 Å². The molecule has 0 aliphatic carbocycles. The lowest BCUT2D eigenvalue weighted by molar-refractivity contribution is -0.118. The van der Waals surface area contributed by atoms with E-state index in [2.05, 4.69) is 11.8 Å². The Morgan fingerprint density at radius 2 is 1.81 bits per heavy atom. The van der Waals surface area contributed by atoms with Gasteiger partial charge in [0, 0.05) is 24.1 Å². The lowest BCUT2D eigenvalue weighted by Crippen LogP contribution is -2.35. The number of carbonyl (C=O) groups is 1. The van der Waals surface area contributed by atoms with Crippen molar-refractivity contribution in [3.05, 3.63) is 53.1 Å². The maximum absolute atomic E-state index is 13.2. The molecule has 2 fully saturated rings. The minimum absolute atomic E-state index is 0.140. The van der Waals surface area contributed by atoms with Crippen LogP contribution >= 0.6 is 11.6 Å². The van der Waals surface area contributed by atoms with Crippen molar-refractivity contribution in [3.63, 3.8) is 0 Å². The molecular formula is C25H31ClN2O4. The van der Waals surface area contributed by atoms with Crippen molar-refractivity contribution in [1.29, 1.82) is 0 Å². The number of carbonyl (C=O) groups excluding carboxylic acids is 1. The molecule has 1 amide bonds. The molecule has 0 aromatic heterocycles. The van der Waals surface area contributed by atoms with Gasteiger partial charge in [0.25, 0.3) is 0 Å². The van der Waals surface area contributed by atoms with Gasteiger partial charge in [0.2, 0.25) is 5.91 Å². The van der Waals surface area contributed by atoms with Gasteiger partial charge in [-0.1, -0.05) is 30.7 Å². The van der Waals surface area contributed by atoms with Crippen LogP contribution in [0.15, 0.2) is 42.5 Å². The summed E-state index contributed by atoms with van der Waals surface area (Å²) in [4.78, 5) is 17.0. The highest BCUT2D eigenvalue weighted by Crippen LogP contribution is 2.39. The molecule has 0 radical (unpaired) electrons. The zero-order chi connectivity index (χ0) is 22.7. The van der Waals surface area contributed by atoms with Crippen LogP contribution in [0.2, 0.25) is 5.02 Å². The van der Waals surface area contributed by atoms with Crippen molar-refractivity contribution in [1.82, 2.24) is 4.90 Å². The summed E-state index contributed by atoms with van der Waals surface area (Å²) in [6.07, 6.45) is 1.88. The largest absolute Gasteiger partial charge is 0.493 e. The molecule has 2 unspecified atom stereocenters. The van der Waals surface area contributed by atoms with E-state index in [1.165, 1.54) is 17.7 Å². The van der Waals surface area contributed by atoms with E-state index in [1.54, 1.807) is 37.4 Å². The normalized spacial score (nSPS) is 22.4. The Hall–Kier alpha value is -2.28. The molecule has 0 bridgehead atoms. The first kappa shape index (κ1) is 22.9. The Balaban J connectivity index is 1.46. The number of ether oxygens (including phenoxy) is 2. The molecular weight excluding hydrogens is 428 g/mol. The van der Waals surface area contributed by atoms with Crippen LogP contribution in [0.25, 0.3) is 0 Å². The number of hydrogen-bond acceptors (Lipinski definition) is 5. The van der Waals surface area contributed by atoms with Gasteiger partial charge in [0.05, 0.1) is 18.7 Å². The minimum Gasteiger partial charge on any atom is -0.493 e. The summed E-state index contributed by atoms with van der Waals surface area (Å²) >= 11 is 5.98. The quantitative estimate of drug-likeness (QED) is 0.670. The summed E-state index contributed by atoms with van der Waals surface area (Å²) in [7, 11) is 1.60. The third kappa shape index (κ3) is 5.03. The Morgan fingerprint density at radius 1 is 1.09 bits per heavy atom. The van der Waals surface area contributed by atoms with E-state index >= 15 is 0 Å². The van der Waals surface area contributed by atoms with Gasteiger partial charge in [-0.3, -0.25) is 14.6 Å². The third-order valence-corrected chi connectivity index (χ3v) is 6.77. The van der Waals surface area contributed by atoms with E-state index < -0.39 is 12.1 Å². The molecule has 2 aliphatic rings. The maximum Gasteiger partial charge on any atom is 0.236 e. The van der Waals surface area contributed by atoms with Gasteiger partial charge in [-0.25, -0.2) is 0 Å². The van der Waals surface area contributed by atoms with Gasteiger partial charge in [0.15, 0.2) is 11.5 Å². The molecule has 172 valence electrons. The van der Waals surface area contributed by atoms with Gasteiger partial charge in [-0.2, -0.15) is 0 Å². The number of halogens is 1. The van der Waals surface area contributed by atoms with Crippen molar-refractivity contribution < 1.29 is 19.4 Å². The van der Waals surface area contributed by atoms with E-state index in [0.29, 0.717) is 35.2 Å². The Morgan fingerprint density at radius 3 is 2.50 bits per heavy atom. The summed E-state index contributed by atoms with van der Waals surface area (Å²) in [5.41, 5.74) is 1.45. The number of aliphatic hydroxyl groups is 1. The van der Waals surface area contributed by atoms with E-state index in [0.717, 1.165) is 31.1 Å². The fourth-order valence-corrected chi connectivity index (χ4v) is 4.63. The fraction of sp³-hybridized carbons (Fsp3) is 0.480. The third-order valence-electron chi connectivity index (χ3n) is 6.52. The lowest BCUT2D eigenvalue weighted by atomic mass is 9.97. The number of piperidine rings is 1. The molecule has 2 heterocycles. The predicted octanol–water partition coefficient (Wildman–Crippen LogP) is 4.30. The molecule has 7 heteroatoms. The second kappa shape index (κ2) is 10.1. The van der Waals surface area contributed by atoms with Crippen LogP contribution < -0.4 is 14.4 Å². The highest BCUT2D eigenvalue weighted by Gasteiger charge is 2.40. The Bertz CT molecular complexity index is 928. The number of amides is 1. The van der Waals surface area contributed by atoms with Gasteiger partial charge in [-0.05, 0) is 61.7 Å². The molecule has 4 rings (SSSR count). The Labute approximate surface area is 194 Å². The zero-order valence-corrected chi connectivity index (χ0v) is 19.4. The van der Waals surface area contributed by atoms with Gasteiger partial charge in [-0.15, -0.1) is 0 Å². The highest BCUT2D eigenvalue weighted by atomic mass is 35.5. The zero-order valence-electron chi connectivity index (χ0n) is 18.7. The monoisotopic (exact) mass is 458 g/mol. The SMILES string of the molecule is COc1ccc(N2C(=O)C(c3ccc(Cl)cc3)CC2O)cc1OCCN1CCC(C)CC1. The van der Waals surface area contributed by atoms with Crippen LogP contribution in [-0.2, 0) is 4.79 Å². The van der Waals surface area contributed by atoms with Crippen LogP contribution in [0, 0.1) is 5.92 Å². The van der Waals surface area contributed by atoms with E-state index in [4.69, 9.17) is 21.1 Å². The molecule has 2 saturated heterocycles. The molecule has 2 aromatic rings. The van der Waals surface area contributed by atoms with Crippen LogP contribution in [0.3, 0.4) is 0 Å². The summed E-state index contributed by atoms with van der Waals surface area (Å²) in [5.74, 6) is 1.43. The van der Waals surface area contributed by atoms with Crippen LogP contribution in [-0.4, -0.2) is 55.5 Å². The second-order valence-electron chi connectivity index (χ2n) is 8.74. The summed E-state index contributed by atoms with van der Waals surface area (Å²) in [5, 5.41) is 11.3. The Kier molecular flexibility index (Phi) is 7.23.